The largest absolute Gasteiger partial charge is 0.310 e. The second kappa shape index (κ2) is 6.17. The van der Waals surface area contributed by atoms with Crippen LogP contribution in [-0.2, 0) is 13.5 Å². The van der Waals surface area contributed by atoms with Gasteiger partial charge in [-0.25, -0.2) is 4.98 Å². The molecule has 1 aromatic carbocycles. The summed E-state index contributed by atoms with van der Waals surface area (Å²) in [6, 6.07) is 6.29. The molecule has 1 N–H and O–H groups in total. The maximum absolute atomic E-state index is 6.42. The van der Waals surface area contributed by atoms with E-state index in [1.807, 2.05) is 26.1 Å². The molecule has 0 spiro atoms. The molecule has 5 heteroatoms. The molecular formula is C14H19ClN4. The molecule has 0 aliphatic carbocycles. The highest BCUT2D eigenvalue weighted by Crippen LogP contribution is 2.27. The summed E-state index contributed by atoms with van der Waals surface area (Å²) >= 11 is 6.42. The van der Waals surface area contributed by atoms with Gasteiger partial charge in [0.1, 0.15) is 12.2 Å². The van der Waals surface area contributed by atoms with Crippen molar-refractivity contribution in [3.63, 3.8) is 0 Å². The standard InChI is InChI=1S/C14H19ClN4/c1-4-16-12(8-13-17-9-18-19(13)3)11-7-5-6-10(2)14(11)15/h5-7,9,12,16H,4,8H2,1-3H3. The number of aromatic nitrogens is 3. The van der Waals surface area contributed by atoms with Gasteiger partial charge in [0.15, 0.2) is 0 Å². The van der Waals surface area contributed by atoms with E-state index < -0.39 is 0 Å². The van der Waals surface area contributed by atoms with Gasteiger partial charge in [-0.2, -0.15) is 5.10 Å². The minimum Gasteiger partial charge on any atom is -0.310 e. The summed E-state index contributed by atoms with van der Waals surface area (Å²) in [6.07, 6.45) is 2.35. The first-order chi connectivity index (χ1) is 9.13. The molecule has 1 heterocycles. The first kappa shape index (κ1) is 14.0. The molecule has 0 saturated heterocycles. The van der Waals surface area contributed by atoms with E-state index in [1.54, 1.807) is 11.0 Å². The Morgan fingerprint density at radius 2 is 2.21 bits per heavy atom. The summed E-state index contributed by atoms with van der Waals surface area (Å²) in [4.78, 5) is 4.28. The van der Waals surface area contributed by atoms with Crippen molar-refractivity contribution in [2.75, 3.05) is 6.54 Å². The Labute approximate surface area is 118 Å². The Balaban J connectivity index is 2.29. The monoisotopic (exact) mass is 278 g/mol. The molecule has 0 aliphatic heterocycles. The van der Waals surface area contributed by atoms with Crippen LogP contribution in [-0.4, -0.2) is 21.3 Å². The fraction of sp³-hybridized carbons (Fsp3) is 0.429. The second-order valence-electron chi connectivity index (χ2n) is 4.59. The zero-order valence-electron chi connectivity index (χ0n) is 11.5. The lowest BCUT2D eigenvalue weighted by molar-refractivity contribution is 0.522. The summed E-state index contributed by atoms with van der Waals surface area (Å²) in [7, 11) is 1.91. The summed E-state index contributed by atoms with van der Waals surface area (Å²) in [5.41, 5.74) is 2.21. The molecular weight excluding hydrogens is 260 g/mol. The van der Waals surface area contributed by atoms with Crippen LogP contribution < -0.4 is 5.32 Å². The van der Waals surface area contributed by atoms with E-state index in [0.717, 1.165) is 34.9 Å². The van der Waals surface area contributed by atoms with Crippen LogP contribution in [0.15, 0.2) is 24.5 Å². The summed E-state index contributed by atoms with van der Waals surface area (Å²) < 4.78 is 1.80. The van der Waals surface area contributed by atoms with Gasteiger partial charge in [-0.3, -0.25) is 4.68 Å². The number of halogens is 1. The smallest absolute Gasteiger partial charge is 0.138 e. The van der Waals surface area contributed by atoms with Gasteiger partial charge in [0.05, 0.1) is 0 Å². The minimum absolute atomic E-state index is 0.153. The van der Waals surface area contributed by atoms with Crippen LogP contribution in [0.25, 0.3) is 0 Å². The van der Waals surface area contributed by atoms with Crippen LogP contribution in [0.4, 0.5) is 0 Å². The van der Waals surface area contributed by atoms with Gasteiger partial charge in [-0.1, -0.05) is 36.7 Å². The molecule has 19 heavy (non-hydrogen) atoms. The van der Waals surface area contributed by atoms with E-state index in [0.29, 0.717) is 0 Å². The first-order valence-corrected chi connectivity index (χ1v) is 6.82. The van der Waals surface area contributed by atoms with Gasteiger partial charge in [-0.05, 0) is 24.6 Å². The third-order valence-corrected chi connectivity index (χ3v) is 3.76. The molecule has 1 unspecified atom stereocenters. The third kappa shape index (κ3) is 3.14. The number of aryl methyl sites for hydroxylation is 2. The summed E-state index contributed by atoms with van der Waals surface area (Å²) in [5.74, 6) is 0.948. The zero-order chi connectivity index (χ0) is 13.8. The SMILES string of the molecule is CCNC(Cc1ncnn1C)c1cccc(C)c1Cl. The third-order valence-electron chi connectivity index (χ3n) is 3.24. The van der Waals surface area contributed by atoms with Crippen molar-refractivity contribution in [3.05, 3.63) is 46.5 Å². The van der Waals surface area contributed by atoms with Gasteiger partial charge in [0.25, 0.3) is 0 Å². The van der Waals surface area contributed by atoms with Crippen LogP contribution >= 0.6 is 11.6 Å². The Kier molecular flexibility index (Phi) is 4.56. The molecule has 0 bridgehead atoms. The number of benzene rings is 1. The van der Waals surface area contributed by atoms with E-state index in [-0.39, 0.29) is 6.04 Å². The predicted octanol–water partition coefficient (Wildman–Crippen LogP) is 2.67. The molecule has 1 aromatic heterocycles. The van der Waals surface area contributed by atoms with Crippen LogP contribution in [0, 0.1) is 6.92 Å². The fourth-order valence-corrected chi connectivity index (χ4v) is 2.42. The predicted molar refractivity (Wildman–Crippen MR) is 77.3 cm³/mol. The van der Waals surface area contributed by atoms with Crippen LogP contribution in [0.2, 0.25) is 5.02 Å². The molecule has 0 radical (unpaired) electrons. The fourth-order valence-electron chi connectivity index (χ4n) is 2.17. The second-order valence-corrected chi connectivity index (χ2v) is 4.97. The van der Waals surface area contributed by atoms with E-state index in [4.69, 9.17) is 11.6 Å². The minimum atomic E-state index is 0.153. The number of hydrogen-bond acceptors (Lipinski definition) is 3. The quantitative estimate of drug-likeness (QED) is 0.914. The van der Waals surface area contributed by atoms with Crippen LogP contribution in [0.3, 0.4) is 0 Å². The molecule has 0 amide bonds. The van der Waals surface area contributed by atoms with Gasteiger partial charge < -0.3 is 5.32 Å². The lowest BCUT2D eigenvalue weighted by Gasteiger charge is -2.20. The Morgan fingerprint density at radius 3 is 2.84 bits per heavy atom. The molecule has 0 fully saturated rings. The normalized spacial score (nSPS) is 12.6. The molecule has 1 atom stereocenters. The Morgan fingerprint density at radius 1 is 1.42 bits per heavy atom. The van der Waals surface area contributed by atoms with E-state index in [1.165, 1.54) is 0 Å². The van der Waals surface area contributed by atoms with Crippen molar-refractivity contribution in [2.45, 2.75) is 26.3 Å². The highest BCUT2D eigenvalue weighted by atomic mass is 35.5. The molecule has 102 valence electrons. The molecule has 0 saturated carbocycles. The van der Waals surface area contributed by atoms with Gasteiger partial charge in [0, 0.05) is 24.5 Å². The van der Waals surface area contributed by atoms with Crippen molar-refractivity contribution >= 4 is 11.6 Å². The molecule has 2 aromatic rings. The number of hydrogen-bond donors (Lipinski definition) is 1. The Hall–Kier alpha value is -1.39. The van der Waals surface area contributed by atoms with Gasteiger partial charge in [-0.15, -0.1) is 0 Å². The molecule has 2 rings (SSSR count). The Bertz CT molecular complexity index is 550. The van der Waals surface area contributed by atoms with Crippen LogP contribution in [0.1, 0.15) is 29.9 Å². The lowest BCUT2D eigenvalue weighted by atomic mass is 10.0. The lowest BCUT2D eigenvalue weighted by Crippen LogP contribution is -2.24. The van der Waals surface area contributed by atoms with Crippen molar-refractivity contribution in [1.29, 1.82) is 0 Å². The molecule has 0 aliphatic rings. The van der Waals surface area contributed by atoms with Crippen LogP contribution in [0.5, 0.6) is 0 Å². The summed E-state index contributed by atoms with van der Waals surface area (Å²) in [6.45, 7) is 5.00. The van der Waals surface area contributed by atoms with Gasteiger partial charge >= 0.3 is 0 Å². The average molecular weight is 279 g/mol. The van der Waals surface area contributed by atoms with E-state index >= 15 is 0 Å². The topological polar surface area (TPSA) is 42.7 Å². The maximum atomic E-state index is 6.42. The number of nitrogens with one attached hydrogen (secondary N) is 1. The van der Waals surface area contributed by atoms with E-state index in [2.05, 4.69) is 28.4 Å². The van der Waals surface area contributed by atoms with Crippen molar-refractivity contribution in [2.24, 2.45) is 7.05 Å². The summed E-state index contributed by atoms with van der Waals surface area (Å²) in [5, 5.41) is 8.40. The average Bonchev–Trinajstić information content (AvgIpc) is 2.78. The van der Waals surface area contributed by atoms with Gasteiger partial charge in [0.2, 0.25) is 0 Å². The highest BCUT2D eigenvalue weighted by Gasteiger charge is 2.17. The zero-order valence-corrected chi connectivity index (χ0v) is 12.3. The number of rotatable bonds is 5. The van der Waals surface area contributed by atoms with Crippen molar-refractivity contribution < 1.29 is 0 Å². The number of likely N-dealkylation sites (N-methyl/N-ethyl adjacent to an activating group) is 1. The first-order valence-electron chi connectivity index (χ1n) is 6.44. The molecule has 4 nitrogen and oxygen atoms in total. The maximum Gasteiger partial charge on any atom is 0.138 e. The van der Waals surface area contributed by atoms with Crippen molar-refractivity contribution in [1.82, 2.24) is 20.1 Å². The highest BCUT2D eigenvalue weighted by molar-refractivity contribution is 6.32. The van der Waals surface area contributed by atoms with Crippen molar-refractivity contribution in [3.8, 4) is 0 Å². The number of nitrogens with zero attached hydrogens (tertiary/aromatic N) is 3. The van der Waals surface area contributed by atoms with E-state index in [9.17, 15) is 0 Å².